The molecule has 0 aliphatic carbocycles. The monoisotopic (exact) mass is 314 g/mol. The first-order chi connectivity index (χ1) is 11.1. The van der Waals surface area contributed by atoms with E-state index in [-0.39, 0.29) is 6.03 Å². The second kappa shape index (κ2) is 7.54. The third kappa shape index (κ3) is 3.94. The van der Waals surface area contributed by atoms with E-state index in [2.05, 4.69) is 5.32 Å². The van der Waals surface area contributed by atoms with Gasteiger partial charge in [-0.15, -0.1) is 0 Å². The third-order valence-electron chi connectivity index (χ3n) is 3.51. The fourth-order valence-corrected chi connectivity index (χ4v) is 2.34. The third-order valence-corrected chi connectivity index (χ3v) is 3.51. The van der Waals surface area contributed by atoms with Gasteiger partial charge in [0.05, 0.1) is 14.2 Å². The highest BCUT2D eigenvalue weighted by Gasteiger charge is 2.15. The van der Waals surface area contributed by atoms with E-state index in [1.54, 1.807) is 37.3 Å². The van der Waals surface area contributed by atoms with Gasteiger partial charge >= 0.3 is 6.03 Å². The Morgan fingerprint density at radius 3 is 2.43 bits per heavy atom. The summed E-state index contributed by atoms with van der Waals surface area (Å²) in [5, 5.41) is 2.89. The smallest absolute Gasteiger partial charge is 0.326 e. The van der Waals surface area contributed by atoms with Crippen molar-refractivity contribution < 1.29 is 14.3 Å². The average molecular weight is 314 g/mol. The zero-order valence-corrected chi connectivity index (χ0v) is 13.9. The fourth-order valence-electron chi connectivity index (χ4n) is 2.34. The number of nitrogens with one attached hydrogen (secondary N) is 1. The lowest BCUT2D eigenvalue weighted by atomic mass is 10.2. The SMILES string of the molecule is CCN(C(=O)Nc1ccc(OC)c(OC)c1)c1cccc(C)c1. The number of nitrogens with zero attached hydrogens (tertiary/aromatic N) is 1. The normalized spacial score (nSPS) is 10.1. The molecule has 0 atom stereocenters. The van der Waals surface area contributed by atoms with Crippen LogP contribution in [-0.4, -0.2) is 26.8 Å². The Morgan fingerprint density at radius 1 is 1.09 bits per heavy atom. The van der Waals surface area contributed by atoms with E-state index in [9.17, 15) is 4.79 Å². The van der Waals surface area contributed by atoms with E-state index >= 15 is 0 Å². The number of benzene rings is 2. The van der Waals surface area contributed by atoms with Crippen molar-refractivity contribution in [2.24, 2.45) is 0 Å². The highest BCUT2D eigenvalue weighted by Crippen LogP contribution is 2.30. The fraction of sp³-hybridized carbons (Fsp3) is 0.278. The largest absolute Gasteiger partial charge is 0.493 e. The molecule has 5 nitrogen and oxygen atoms in total. The Bertz CT molecular complexity index is 686. The second-order valence-electron chi connectivity index (χ2n) is 5.08. The molecular weight excluding hydrogens is 292 g/mol. The van der Waals surface area contributed by atoms with E-state index in [0.717, 1.165) is 11.3 Å². The molecule has 0 bridgehead atoms. The highest BCUT2D eigenvalue weighted by molar-refractivity contribution is 6.01. The van der Waals surface area contributed by atoms with Crippen molar-refractivity contribution in [3.63, 3.8) is 0 Å². The summed E-state index contributed by atoms with van der Waals surface area (Å²) in [4.78, 5) is 14.2. The topological polar surface area (TPSA) is 50.8 Å². The van der Waals surface area contributed by atoms with Crippen LogP contribution in [0.1, 0.15) is 12.5 Å². The number of amides is 2. The van der Waals surface area contributed by atoms with E-state index in [4.69, 9.17) is 9.47 Å². The Balaban J connectivity index is 2.19. The van der Waals surface area contributed by atoms with Crippen LogP contribution < -0.4 is 19.7 Å². The van der Waals surface area contributed by atoms with Crippen molar-refractivity contribution in [1.82, 2.24) is 0 Å². The molecule has 5 heteroatoms. The van der Waals surface area contributed by atoms with Crippen LogP contribution in [0.15, 0.2) is 42.5 Å². The Morgan fingerprint density at radius 2 is 1.83 bits per heavy atom. The summed E-state index contributed by atoms with van der Waals surface area (Å²) < 4.78 is 10.5. The number of anilines is 2. The lowest BCUT2D eigenvalue weighted by molar-refractivity contribution is 0.257. The number of methoxy groups -OCH3 is 2. The van der Waals surface area contributed by atoms with E-state index < -0.39 is 0 Å². The maximum Gasteiger partial charge on any atom is 0.326 e. The lowest BCUT2D eigenvalue weighted by Crippen LogP contribution is -2.34. The van der Waals surface area contributed by atoms with Crippen molar-refractivity contribution in [2.45, 2.75) is 13.8 Å². The quantitative estimate of drug-likeness (QED) is 0.905. The molecule has 122 valence electrons. The summed E-state index contributed by atoms with van der Waals surface area (Å²) >= 11 is 0. The van der Waals surface area contributed by atoms with Gasteiger partial charge in [0.15, 0.2) is 11.5 Å². The molecule has 0 fully saturated rings. The number of hydrogen-bond donors (Lipinski definition) is 1. The molecule has 0 saturated carbocycles. The minimum absolute atomic E-state index is 0.190. The minimum atomic E-state index is -0.190. The van der Waals surface area contributed by atoms with Crippen LogP contribution in [0.5, 0.6) is 11.5 Å². The number of carbonyl (C=O) groups excluding carboxylic acids is 1. The van der Waals surface area contributed by atoms with Crippen molar-refractivity contribution in [2.75, 3.05) is 31.0 Å². The molecule has 0 spiro atoms. The van der Waals surface area contributed by atoms with Gasteiger partial charge in [-0.1, -0.05) is 12.1 Å². The minimum Gasteiger partial charge on any atom is -0.493 e. The van der Waals surface area contributed by atoms with E-state index in [1.165, 1.54) is 0 Å². The summed E-state index contributed by atoms with van der Waals surface area (Å²) in [6.45, 7) is 4.52. The summed E-state index contributed by atoms with van der Waals surface area (Å²) in [5.74, 6) is 1.19. The Kier molecular flexibility index (Phi) is 5.46. The first kappa shape index (κ1) is 16.7. The van der Waals surface area contributed by atoms with Gasteiger partial charge in [0.2, 0.25) is 0 Å². The number of hydrogen-bond acceptors (Lipinski definition) is 3. The molecule has 0 radical (unpaired) electrons. The number of urea groups is 1. The molecule has 1 N–H and O–H groups in total. The van der Waals surface area contributed by atoms with Gasteiger partial charge in [0, 0.05) is 24.0 Å². The maximum atomic E-state index is 12.6. The van der Waals surface area contributed by atoms with Crippen molar-refractivity contribution in [3.05, 3.63) is 48.0 Å². The summed E-state index contributed by atoms with van der Waals surface area (Å²) in [5.41, 5.74) is 2.63. The molecule has 2 aromatic rings. The second-order valence-corrected chi connectivity index (χ2v) is 5.08. The van der Waals surface area contributed by atoms with Crippen LogP contribution in [0.3, 0.4) is 0 Å². The number of rotatable bonds is 5. The molecule has 0 saturated heterocycles. The summed E-state index contributed by atoms with van der Waals surface area (Å²) in [6, 6.07) is 12.9. The van der Waals surface area contributed by atoms with Crippen LogP contribution in [0, 0.1) is 6.92 Å². The molecule has 0 aliphatic heterocycles. The standard InChI is InChI=1S/C18H22N2O3/c1-5-20(15-8-6-7-13(2)11-15)18(21)19-14-9-10-16(22-3)17(12-14)23-4/h6-12H,5H2,1-4H3,(H,19,21). The summed E-state index contributed by atoms with van der Waals surface area (Å²) in [6.07, 6.45) is 0. The molecule has 23 heavy (non-hydrogen) atoms. The highest BCUT2D eigenvalue weighted by atomic mass is 16.5. The summed E-state index contributed by atoms with van der Waals surface area (Å²) in [7, 11) is 3.14. The van der Waals surface area contributed by atoms with E-state index in [1.807, 2.05) is 38.1 Å². The van der Waals surface area contributed by atoms with Crippen molar-refractivity contribution in [1.29, 1.82) is 0 Å². The van der Waals surface area contributed by atoms with Crippen LogP contribution in [0.25, 0.3) is 0 Å². The molecule has 2 amide bonds. The van der Waals surface area contributed by atoms with Gasteiger partial charge < -0.3 is 14.8 Å². The lowest BCUT2D eigenvalue weighted by Gasteiger charge is -2.22. The zero-order valence-electron chi connectivity index (χ0n) is 13.9. The van der Waals surface area contributed by atoms with Crippen molar-refractivity contribution in [3.8, 4) is 11.5 Å². The number of ether oxygens (including phenoxy) is 2. The van der Waals surface area contributed by atoms with Gasteiger partial charge in [-0.25, -0.2) is 4.79 Å². The predicted molar refractivity (Wildman–Crippen MR) is 92.8 cm³/mol. The molecule has 2 rings (SSSR count). The van der Waals surface area contributed by atoms with Gasteiger partial charge in [-0.2, -0.15) is 0 Å². The van der Waals surface area contributed by atoms with Crippen LogP contribution in [0.4, 0.5) is 16.2 Å². The Labute approximate surface area is 136 Å². The molecule has 0 heterocycles. The average Bonchev–Trinajstić information content (AvgIpc) is 2.55. The molecule has 0 unspecified atom stereocenters. The van der Waals surface area contributed by atoms with Crippen molar-refractivity contribution >= 4 is 17.4 Å². The number of carbonyl (C=O) groups is 1. The molecule has 0 aliphatic rings. The van der Waals surface area contributed by atoms with Crippen LogP contribution in [0.2, 0.25) is 0 Å². The molecular formula is C18H22N2O3. The predicted octanol–water partition coefficient (Wildman–Crippen LogP) is 4.07. The van der Waals surface area contributed by atoms with Gasteiger partial charge in [0.25, 0.3) is 0 Å². The van der Waals surface area contributed by atoms with Crippen LogP contribution >= 0.6 is 0 Å². The Hall–Kier alpha value is -2.69. The first-order valence-corrected chi connectivity index (χ1v) is 7.46. The van der Waals surface area contributed by atoms with Gasteiger partial charge in [0.1, 0.15) is 0 Å². The number of aryl methyl sites for hydroxylation is 1. The van der Waals surface area contributed by atoms with Gasteiger partial charge in [-0.05, 0) is 43.7 Å². The molecule has 2 aromatic carbocycles. The van der Waals surface area contributed by atoms with E-state index in [0.29, 0.717) is 23.7 Å². The first-order valence-electron chi connectivity index (χ1n) is 7.46. The van der Waals surface area contributed by atoms with Crippen LogP contribution in [-0.2, 0) is 0 Å². The van der Waals surface area contributed by atoms with Gasteiger partial charge in [-0.3, -0.25) is 4.90 Å². The maximum absolute atomic E-state index is 12.6. The zero-order chi connectivity index (χ0) is 16.8. The molecule has 0 aromatic heterocycles.